The normalized spacial score (nSPS) is 11.0. The highest BCUT2D eigenvalue weighted by Gasteiger charge is 1.86. The molecule has 0 heterocycles. The zero-order valence-electron chi connectivity index (χ0n) is 6.50. The smallest absolute Gasteiger partial charge is 0.243 e. The van der Waals surface area contributed by atoms with Crippen molar-refractivity contribution < 1.29 is 6.21 Å². The average molecular weight is 126 g/mol. The number of nitrogens with one attached hydrogen (secondary N) is 1. The fourth-order valence-corrected chi connectivity index (χ4v) is 0.350. The molecular formula is C7H11NO. The summed E-state index contributed by atoms with van der Waals surface area (Å²) in [5.74, 6) is -0.317. The van der Waals surface area contributed by atoms with Crippen LogP contribution in [-0.2, 0) is 4.79 Å². The number of amides is 1. The van der Waals surface area contributed by atoms with Gasteiger partial charge in [0.05, 0.1) is 0 Å². The fraction of sp³-hybridized carbons (Fsp3) is 0.286. The van der Waals surface area contributed by atoms with E-state index in [1.165, 1.54) is 12.2 Å². The first-order valence-corrected chi connectivity index (χ1v) is 2.76. The maximum atomic E-state index is 10.7. The van der Waals surface area contributed by atoms with Gasteiger partial charge in [0.2, 0.25) is 5.91 Å². The van der Waals surface area contributed by atoms with E-state index in [9.17, 15) is 4.79 Å². The minimum absolute atomic E-state index is 0.267. The molecule has 0 atom stereocenters. The van der Waals surface area contributed by atoms with Crippen molar-refractivity contribution in [2.24, 2.45) is 0 Å². The molecule has 2 nitrogen and oxygen atoms in total. The van der Waals surface area contributed by atoms with E-state index in [-0.39, 0.29) is 12.5 Å². The minimum atomic E-state index is -0.317. The van der Waals surface area contributed by atoms with Crippen LogP contribution in [0.15, 0.2) is 24.8 Å². The molecule has 0 saturated carbocycles. The van der Waals surface area contributed by atoms with Gasteiger partial charge in [-0.25, -0.2) is 0 Å². The van der Waals surface area contributed by atoms with Gasteiger partial charge in [0, 0.05) is 6.54 Å². The monoisotopic (exact) mass is 126 g/mol. The zero-order valence-corrected chi connectivity index (χ0v) is 5.50. The summed E-state index contributed by atoms with van der Waals surface area (Å²) >= 11 is 0. The van der Waals surface area contributed by atoms with Crippen molar-refractivity contribution >= 4 is 5.91 Å². The van der Waals surface area contributed by atoms with E-state index in [1.807, 2.05) is 0 Å². The van der Waals surface area contributed by atoms with Crippen molar-refractivity contribution in [2.75, 3.05) is 6.54 Å². The summed E-state index contributed by atoms with van der Waals surface area (Å²) < 4.78 is 7.04. The number of rotatable bonds is 3. The molecule has 0 fully saturated rings. The fourth-order valence-electron chi connectivity index (χ4n) is 0.350. The van der Waals surface area contributed by atoms with Gasteiger partial charge in [-0.1, -0.05) is 12.2 Å². The summed E-state index contributed by atoms with van der Waals surface area (Å²) in [6.07, 6.45) is 4.46. The average Bonchev–Trinajstić information content (AvgIpc) is 1.89. The molecule has 0 aliphatic carbocycles. The van der Waals surface area contributed by atoms with E-state index >= 15 is 0 Å². The molecule has 2 heteroatoms. The summed E-state index contributed by atoms with van der Waals surface area (Å²) in [6, 6.07) is 0. The molecule has 0 radical (unpaired) electrons. The highest BCUT2D eigenvalue weighted by molar-refractivity contribution is 5.87. The van der Waals surface area contributed by atoms with Gasteiger partial charge >= 0.3 is 0 Å². The van der Waals surface area contributed by atoms with Crippen LogP contribution in [0, 0.1) is 0 Å². The van der Waals surface area contributed by atoms with Gasteiger partial charge in [-0.15, -0.1) is 6.58 Å². The predicted molar refractivity (Wildman–Crippen MR) is 38.0 cm³/mol. The van der Waals surface area contributed by atoms with Crippen molar-refractivity contribution in [3.05, 3.63) is 24.8 Å². The van der Waals surface area contributed by atoms with E-state index < -0.39 is 0 Å². The van der Waals surface area contributed by atoms with Crippen molar-refractivity contribution in [1.29, 1.82) is 0 Å². The molecule has 0 aromatic rings. The first-order valence-electron chi connectivity index (χ1n) is 3.21. The van der Waals surface area contributed by atoms with Crippen LogP contribution >= 0.6 is 0 Å². The van der Waals surface area contributed by atoms with Crippen molar-refractivity contribution in [1.82, 2.24) is 5.31 Å². The topological polar surface area (TPSA) is 29.1 Å². The van der Waals surface area contributed by atoms with E-state index in [4.69, 9.17) is 1.41 Å². The lowest BCUT2D eigenvalue weighted by molar-refractivity contribution is -0.116. The first kappa shape index (κ1) is 6.08. The molecule has 0 aromatic carbocycles. The summed E-state index contributed by atoms with van der Waals surface area (Å²) in [6.45, 7) is 5.41. The Hall–Kier alpha value is -1.05. The Bertz CT molecular complexity index is 154. The van der Waals surface area contributed by atoms with Gasteiger partial charge in [-0.2, -0.15) is 0 Å². The lowest BCUT2D eigenvalue weighted by Gasteiger charge is -1.92. The Morgan fingerprint density at radius 1 is 2.00 bits per heavy atom. The maximum Gasteiger partial charge on any atom is 0.243 e. The van der Waals surface area contributed by atoms with E-state index in [0.717, 1.165) is 5.31 Å². The van der Waals surface area contributed by atoms with Crippen LogP contribution in [0.1, 0.15) is 6.92 Å². The molecule has 0 aliphatic rings. The number of hydrogen-bond acceptors (Lipinski definition) is 1. The molecule has 0 bridgehead atoms. The van der Waals surface area contributed by atoms with Crippen LogP contribution < -0.4 is 5.31 Å². The molecule has 50 valence electrons. The molecule has 1 N–H and O–H groups in total. The second-order valence-corrected chi connectivity index (χ2v) is 1.47. The molecule has 0 unspecified atom stereocenters. The molecular weight excluding hydrogens is 114 g/mol. The molecule has 0 aliphatic heterocycles. The lowest BCUT2D eigenvalue weighted by atomic mass is 10.5. The van der Waals surface area contributed by atoms with E-state index in [2.05, 4.69) is 6.58 Å². The van der Waals surface area contributed by atoms with Crippen LogP contribution in [0.5, 0.6) is 0 Å². The first-order chi connectivity index (χ1) is 4.72. The van der Waals surface area contributed by atoms with Crippen LogP contribution in [-0.4, -0.2) is 12.5 Å². The molecule has 0 aromatic heterocycles. The van der Waals surface area contributed by atoms with Crippen molar-refractivity contribution in [2.45, 2.75) is 6.92 Å². The molecule has 0 spiro atoms. The minimum Gasteiger partial charge on any atom is -0.349 e. The third kappa shape index (κ3) is 4.81. The van der Waals surface area contributed by atoms with Crippen LogP contribution in [0.4, 0.5) is 0 Å². The number of carbonyl (C=O) groups excluding carboxylic acids is 1. The van der Waals surface area contributed by atoms with Gasteiger partial charge in [-0.3, -0.25) is 4.79 Å². The Morgan fingerprint density at radius 3 is 3.11 bits per heavy atom. The molecule has 1 amide bonds. The Kier molecular flexibility index (Phi) is 3.44. The van der Waals surface area contributed by atoms with Crippen LogP contribution in [0.2, 0.25) is 1.41 Å². The second-order valence-electron chi connectivity index (χ2n) is 1.47. The third-order valence-corrected chi connectivity index (χ3v) is 0.685. The summed E-state index contributed by atoms with van der Waals surface area (Å²) in [5, 5.41) is 0.840. The Labute approximate surface area is 56.7 Å². The number of carbonyl (C=O) groups is 1. The van der Waals surface area contributed by atoms with Crippen molar-refractivity contribution in [3.8, 4) is 0 Å². The van der Waals surface area contributed by atoms with Gasteiger partial charge in [0.1, 0.15) is 0 Å². The standard InChI is InChI=1S/C7H11NO/c1-3-5-7(9)8-6-4-2/h3-5H,2,6H2,1H3,(H,8,9)/i/hD. The predicted octanol–water partition coefficient (Wildman–Crippen LogP) is 0.865. The lowest BCUT2D eigenvalue weighted by Crippen LogP contribution is -2.20. The Morgan fingerprint density at radius 2 is 2.67 bits per heavy atom. The quantitative estimate of drug-likeness (QED) is 0.441. The summed E-state index contributed by atoms with van der Waals surface area (Å²) in [5.41, 5.74) is 0. The van der Waals surface area contributed by atoms with E-state index in [0.29, 0.717) is 0 Å². The highest BCUT2D eigenvalue weighted by Crippen LogP contribution is 1.70. The summed E-state index contributed by atoms with van der Waals surface area (Å²) in [4.78, 5) is 10.7. The van der Waals surface area contributed by atoms with Crippen molar-refractivity contribution in [3.63, 3.8) is 0 Å². The number of allylic oxidation sites excluding steroid dienone is 1. The zero-order chi connectivity index (χ0) is 7.98. The second kappa shape index (κ2) is 5.09. The number of hydrogen-bond donors (Lipinski definition) is 1. The molecule has 0 rings (SSSR count). The van der Waals surface area contributed by atoms with Gasteiger partial charge in [0.15, 0.2) is 1.41 Å². The SMILES string of the molecule is [2H]N(CC=C)C(=O)C=CC. The van der Waals surface area contributed by atoms with Crippen LogP contribution in [0.3, 0.4) is 0 Å². The largest absolute Gasteiger partial charge is 0.349 e. The van der Waals surface area contributed by atoms with Gasteiger partial charge < -0.3 is 5.31 Å². The Balaban J connectivity index is 3.81. The van der Waals surface area contributed by atoms with Crippen LogP contribution in [0.25, 0.3) is 0 Å². The van der Waals surface area contributed by atoms with Gasteiger partial charge in [-0.05, 0) is 13.0 Å². The molecule has 0 saturated heterocycles. The maximum absolute atomic E-state index is 10.7. The summed E-state index contributed by atoms with van der Waals surface area (Å²) in [7, 11) is 0. The highest BCUT2D eigenvalue weighted by atomic mass is 16.1. The van der Waals surface area contributed by atoms with E-state index in [1.54, 1.807) is 13.0 Å². The molecule has 9 heavy (non-hydrogen) atoms. The third-order valence-electron chi connectivity index (χ3n) is 0.685. The van der Waals surface area contributed by atoms with Gasteiger partial charge in [0.25, 0.3) is 0 Å².